The number of nitrogens with one attached hydrogen (secondary N) is 1. The van der Waals surface area contributed by atoms with Crippen LogP contribution in [-0.4, -0.2) is 41.8 Å². The molecule has 0 saturated carbocycles. The summed E-state index contributed by atoms with van der Waals surface area (Å²) >= 11 is 1.70. The number of carbonyl (C=O) groups excluding carboxylic acids is 1. The van der Waals surface area contributed by atoms with Crippen LogP contribution in [0.15, 0.2) is 9.90 Å². The number of nitrogens with zero attached hydrogens (tertiary/aromatic N) is 2. The highest BCUT2D eigenvalue weighted by molar-refractivity contribution is 7.10. The second-order valence-corrected chi connectivity index (χ2v) is 8.81. The molecule has 1 saturated heterocycles. The molecule has 6 nitrogen and oxygen atoms in total. The van der Waals surface area contributed by atoms with Crippen molar-refractivity contribution in [2.75, 3.05) is 19.7 Å². The summed E-state index contributed by atoms with van der Waals surface area (Å²) in [4.78, 5) is 16.4. The molecule has 28 heavy (non-hydrogen) atoms. The quantitative estimate of drug-likeness (QED) is 0.798. The van der Waals surface area contributed by atoms with Gasteiger partial charge in [-0.15, -0.1) is 11.3 Å². The van der Waals surface area contributed by atoms with Gasteiger partial charge in [0, 0.05) is 48.6 Å². The molecule has 2 aliphatic rings. The smallest absolute Gasteiger partial charge is 0.252 e. The minimum Gasteiger partial charge on any atom is -0.378 e. The SMILES string of the molecule is Cc1noc(C)c1CN1CCc2c(C(=O)NCCC3CCCCO3)csc2C1. The second kappa shape index (κ2) is 8.76. The third-order valence-electron chi connectivity index (χ3n) is 5.86. The fraction of sp³-hybridized carbons (Fsp3) is 0.619. The van der Waals surface area contributed by atoms with Crippen molar-refractivity contribution < 1.29 is 14.1 Å². The van der Waals surface area contributed by atoms with Gasteiger partial charge in [0.15, 0.2) is 0 Å². The van der Waals surface area contributed by atoms with Crippen molar-refractivity contribution in [3.05, 3.63) is 38.4 Å². The maximum absolute atomic E-state index is 12.7. The lowest BCUT2D eigenvalue weighted by molar-refractivity contribution is 0.0117. The summed E-state index contributed by atoms with van der Waals surface area (Å²) in [6.45, 7) is 8.19. The number of amides is 1. The predicted molar refractivity (Wildman–Crippen MR) is 109 cm³/mol. The molecule has 1 unspecified atom stereocenters. The number of carbonyl (C=O) groups is 1. The highest BCUT2D eigenvalue weighted by Gasteiger charge is 2.25. The zero-order valence-electron chi connectivity index (χ0n) is 16.8. The van der Waals surface area contributed by atoms with Gasteiger partial charge in [-0.1, -0.05) is 5.16 Å². The topological polar surface area (TPSA) is 67.6 Å². The first-order chi connectivity index (χ1) is 13.6. The Morgan fingerprint density at radius 1 is 1.39 bits per heavy atom. The molecule has 0 radical (unpaired) electrons. The van der Waals surface area contributed by atoms with Gasteiger partial charge in [-0.3, -0.25) is 9.69 Å². The van der Waals surface area contributed by atoms with Crippen molar-refractivity contribution in [3.8, 4) is 0 Å². The zero-order valence-corrected chi connectivity index (χ0v) is 17.6. The van der Waals surface area contributed by atoms with Crippen molar-refractivity contribution in [1.82, 2.24) is 15.4 Å². The maximum Gasteiger partial charge on any atom is 0.252 e. The van der Waals surface area contributed by atoms with Crippen LogP contribution in [0, 0.1) is 13.8 Å². The minimum atomic E-state index is 0.0625. The Balaban J connectivity index is 1.32. The van der Waals surface area contributed by atoms with E-state index in [9.17, 15) is 4.79 Å². The number of hydrogen-bond acceptors (Lipinski definition) is 6. The zero-order chi connectivity index (χ0) is 19.5. The number of aryl methyl sites for hydroxylation is 2. The van der Waals surface area contributed by atoms with Crippen LogP contribution in [0.4, 0.5) is 0 Å². The first-order valence-corrected chi connectivity index (χ1v) is 11.1. The number of rotatable bonds is 6. The van der Waals surface area contributed by atoms with Gasteiger partial charge in [-0.25, -0.2) is 0 Å². The van der Waals surface area contributed by atoms with Gasteiger partial charge >= 0.3 is 0 Å². The number of ether oxygens (including phenoxy) is 1. The van der Waals surface area contributed by atoms with Gasteiger partial charge in [-0.2, -0.15) is 0 Å². The third kappa shape index (κ3) is 4.31. The van der Waals surface area contributed by atoms with Crippen LogP contribution in [-0.2, 0) is 24.2 Å². The molecule has 4 heterocycles. The number of fused-ring (bicyclic) bond motifs is 1. The summed E-state index contributed by atoms with van der Waals surface area (Å²) in [5.74, 6) is 0.962. The van der Waals surface area contributed by atoms with Crippen LogP contribution in [0.5, 0.6) is 0 Å². The van der Waals surface area contributed by atoms with Gasteiger partial charge in [-0.05, 0) is 51.5 Å². The molecule has 1 fully saturated rings. The molecule has 152 valence electrons. The van der Waals surface area contributed by atoms with Crippen LogP contribution in [0.2, 0.25) is 0 Å². The molecule has 0 aliphatic carbocycles. The van der Waals surface area contributed by atoms with E-state index in [1.54, 1.807) is 11.3 Å². The van der Waals surface area contributed by atoms with E-state index in [1.807, 2.05) is 19.2 Å². The van der Waals surface area contributed by atoms with E-state index in [2.05, 4.69) is 15.4 Å². The second-order valence-electron chi connectivity index (χ2n) is 7.85. The predicted octanol–water partition coefficient (Wildman–Crippen LogP) is 3.60. The van der Waals surface area contributed by atoms with Gasteiger partial charge in [0.25, 0.3) is 5.91 Å². The average molecular weight is 404 g/mol. The molecule has 2 aromatic heterocycles. The molecule has 1 atom stereocenters. The molecule has 7 heteroatoms. The molecule has 1 N–H and O–H groups in total. The van der Waals surface area contributed by atoms with Crippen molar-refractivity contribution in [1.29, 1.82) is 0 Å². The summed E-state index contributed by atoms with van der Waals surface area (Å²) in [6, 6.07) is 0. The van der Waals surface area contributed by atoms with Crippen LogP contribution in [0.3, 0.4) is 0 Å². The molecule has 2 aliphatic heterocycles. The van der Waals surface area contributed by atoms with Gasteiger partial charge in [0.1, 0.15) is 5.76 Å². The highest BCUT2D eigenvalue weighted by atomic mass is 32.1. The minimum absolute atomic E-state index is 0.0625. The Labute approximate surface area is 170 Å². The van der Waals surface area contributed by atoms with Crippen molar-refractivity contribution in [2.24, 2.45) is 0 Å². The fourth-order valence-electron chi connectivity index (χ4n) is 4.14. The first-order valence-electron chi connectivity index (χ1n) is 10.2. The Kier molecular flexibility index (Phi) is 6.13. The summed E-state index contributed by atoms with van der Waals surface area (Å²) in [6.07, 6.45) is 5.64. The van der Waals surface area contributed by atoms with Crippen LogP contribution in [0.1, 0.15) is 63.5 Å². The molecule has 4 rings (SSSR count). The Hall–Kier alpha value is -1.70. The van der Waals surface area contributed by atoms with E-state index in [4.69, 9.17) is 9.26 Å². The summed E-state index contributed by atoms with van der Waals surface area (Å²) in [5, 5.41) is 9.18. The normalized spacial score (nSPS) is 20.1. The highest BCUT2D eigenvalue weighted by Crippen LogP contribution is 2.30. The largest absolute Gasteiger partial charge is 0.378 e. The van der Waals surface area contributed by atoms with E-state index < -0.39 is 0 Å². The summed E-state index contributed by atoms with van der Waals surface area (Å²) in [7, 11) is 0. The van der Waals surface area contributed by atoms with E-state index in [0.717, 1.165) is 68.9 Å². The van der Waals surface area contributed by atoms with Crippen molar-refractivity contribution in [2.45, 2.75) is 65.1 Å². The van der Waals surface area contributed by atoms with E-state index in [0.29, 0.717) is 12.6 Å². The summed E-state index contributed by atoms with van der Waals surface area (Å²) < 4.78 is 11.0. The molecule has 0 spiro atoms. The van der Waals surface area contributed by atoms with Gasteiger partial charge < -0.3 is 14.6 Å². The number of aromatic nitrogens is 1. The van der Waals surface area contributed by atoms with E-state index in [1.165, 1.54) is 22.4 Å². The molecule has 0 bridgehead atoms. The van der Waals surface area contributed by atoms with Crippen molar-refractivity contribution in [3.63, 3.8) is 0 Å². The Morgan fingerprint density at radius 2 is 2.29 bits per heavy atom. The monoisotopic (exact) mass is 403 g/mol. The first kappa shape index (κ1) is 19.6. The third-order valence-corrected chi connectivity index (χ3v) is 6.87. The molecule has 2 aromatic rings. The Bertz CT molecular complexity index is 803. The van der Waals surface area contributed by atoms with E-state index in [-0.39, 0.29) is 5.91 Å². The number of hydrogen-bond donors (Lipinski definition) is 1. The lowest BCUT2D eigenvalue weighted by atomic mass is 10.0. The molecular formula is C21H29N3O3S. The van der Waals surface area contributed by atoms with Crippen LogP contribution >= 0.6 is 11.3 Å². The standard InChI is InChI=1S/C21H29N3O3S/c1-14-18(15(2)27-23-14)11-24-9-7-17-19(13-28-20(17)12-24)21(25)22-8-6-16-5-3-4-10-26-16/h13,16H,3-12H2,1-2H3,(H,22,25). The Morgan fingerprint density at radius 3 is 3.04 bits per heavy atom. The van der Waals surface area contributed by atoms with Gasteiger partial charge in [0.05, 0.1) is 17.4 Å². The molecule has 0 aromatic carbocycles. The van der Waals surface area contributed by atoms with Crippen LogP contribution in [0.25, 0.3) is 0 Å². The maximum atomic E-state index is 12.7. The van der Waals surface area contributed by atoms with Crippen LogP contribution < -0.4 is 5.32 Å². The molecule has 1 amide bonds. The fourth-order valence-corrected chi connectivity index (χ4v) is 5.26. The number of thiophene rings is 1. The molecular weight excluding hydrogens is 374 g/mol. The lowest BCUT2D eigenvalue weighted by Crippen LogP contribution is -2.32. The van der Waals surface area contributed by atoms with Gasteiger partial charge in [0.2, 0.25) is 0 Å². The van der Waals surface area contributed by atoms with E-state index >= 15 is 0 Å². The average Bonchev–Trinajstić information content (AvgIpc) is 3.27. The lowest BCUT2D eigenvalue weighted by Gasteiger charge is -2.27. The summed E-state index contributed by atoms with van der Waals surface area (Å²) in [5.41, 5.74) is 4.24. The van der Waals surface area contributed by atoms with Crippen molar-refractivity contribution >= 4 is 17.2 Å².